The minimum atomic E-state index is -0.440. The second-order valence-corrected chi connectivity index (χ2v) is 3.89. The third-order valence-electron chi connectivity index (χ3n) is 1.68. The van der Waals surface area contributed by atoms with Crippen molar-refractivity contribution in [3.63, 3.8) is 0 Å². The minimum absolute atomic E-state index is 0. The Kier molecular flexibility index (Phi) is 13.1. The monoisotopic (exact) mass is 241 g/mol. The van der Waals surface area contributed by atoms with Crippen LogP contribution in [0.25, 0.3) is 0 Å². The van der Waals surface area contributed by atoms with Crippen LogP contribution in [0.1, 0.15) is 26.2 Å². The highest BCUT2D eigenvalue weighted by Crippen LogP contribution is 2.00. The highest BCUT2D eigenvalue weighted by atomic mass is 35.5. The van der Waals surface area contributed by atoms with Gasteiger partial charge in [-0.25, -0.2) is 0 Å². The Morgan fingerprint density at radius 2 is 2.21 bits per heavy atom. The summed E-state index contributed by atoms with van der Waals surface area (Å²) >= 11 is 1.69. The lowest BCUT2D eigenvalue weighted by Gasteiger charge is -2.09. The Morgan fingerprint density at radius 1 is 1.57 bits per heavy atom. The van der Waals surface area contributed by atoms with E-state index < -0.39 is 6.04 Å². The van der Waals surface area contributed by atoms with Gasteiger partial charge in [-0.15, -0.1) is 12.4 Å². The number of halogens is 1. The van der Waals surface area contributed by atoms with Gasteiger partial charge < -0.3 is 10.5 Å². The summed E-state index contributed by atoms with van der Waals surface area (Å²) in [5.74, 6) is 0.645. The van der Waals surface area contributed by atoms with E-state index in [4.69, 9.17) is 10.5 Å². The molecule has 0 aliphatic carbocycles. The van der Waals surface area contributed by atoms with Crippen molar-refractivity contribution >= 4 is 30.1 Å². The topological polar surface area (TPSA) is 52.3 Å². The lowest BCUT2D eigenvalue weighted by Crippen LogP contribution is -2.33. The molecule has 0 bridgehead atoms. The van der Waals surface area contributed by atoms with Gasteiger partial charge in [-0.2, -0.15) is 11.8 Å². The highest BCUT2D eigenvalue weighted by Gasteiger charge is 2.13. The average molecular weight is 242 g/mol. The summed E-state index contributed by atoms with van der Waals surface area (Å²) in [4.78, 5) is 11.2. The molecule has 0 fully saturated rings. The largest absolute Gasteiger partial charge is 0.465 e. The molecule has 14 heavy (non-hydrogen) atoms. The van der Waals surface area contributed by atoms with Crippen LogP contribution in [0.15, 0.2) is 0 Å². The lowest BCUT2D eigenvalue weighted by atomic mass is 10.2. The quantitative estimate of drug-likeness (QED) is 0.546. The van der Waals surface area contributed by atoms with Crippen molar-refractivity contribution in [3.05, 3.63) is 0 Å². The zero-order chi connectivity index (χ0) is 10.1. The predicted molar refractivity (Wildman–Crippen MR) is 64.1 cm³/mol. The fraction of sp³-hybridized carbons (Fsp3) is 0.889. The van der Waals surface area contributed by atoms with Crippen LogP contribution in [0.2, 0.25) is 0 Å². The van der Waals surface area contributed by atoms with Gasteiger partial charge in [0.05, 0.1) is 6.61 Å². The van der Waals surface area contributed by atoms with Crippen molar-refractivity contribution < 1.29 is 9.53 Å². The van der Waals surface area contributed by atoms with Gasteiger partial charge in [0.2, 0.25) is 0 Å². The number of unbranched alkanes of at least 4 members (excludes halogenated alkanes) is 1. The van der Waals surface area contributed by atoms with Crippen LogP contribution in [-0.4, -0.2) is 30.6 Å². The molecule has 0 heterocycles. The van der Waals surface area contributed by atoms with Crippen molar-refractivity contribution in [3.8, 4) is 0 Å². The molecule has 0 radical (unpaired) electrons. The van der Waals surface area contributed by atoms with Crippen LogP contribution in [0.3, 0.4) is 0 Å². The van der Waals surface area contributed by atoms with Gasteiger partial charge in [-0.3, -0.25) is 4.79 Å². The number of carbonyl (C=O) groups is 1. The third kappa shape index (κ3) is 8.66. The molecule has 1 atom stereocenters. The molecule has 0 aliphatic rings. The minimum Gasteiger partial charge on any atom is -0.465 e. The van der Waals surface area contributed by atoms with Crippen LogP contribution >= 0.6 is 24.2 Å². The van der Waals surface area contributed by atoms with Crippen molar-refractivity contribution in [1.82, 2.24) is 0 Å². The molecular formula is C9H20ClNO2S. The Labute approximate surface area is 96.5 Å². The standard InChI is InChI=1S/C9H19NO2S.ClH/c1-3-4-6-12-9(11)8(10)5-7-13-2;/h8H,3-7,10H2,1-2H3;1H/t8-;/m0./s1. The summed E-state index contributed by atoms with van der Waals surface area (Å²) in [6.07, 6.45) is 4.65. The number of carbonyl (C=O) groups excluding carboxylic acids is 1. The molecule has 0 aliphatic heterocycles. The van der Waals surface area contributed by atoms with E-state index in [1.54, 1.807) is 11.8 Å². The number of ether oxygens (including phenoxy) is 1. The van der Waals surface area contributed by atoms with Crippen LogP contribution in [-0.2, 0) is 9.53 Å². The number of nitrogens with two attached hydrogens (primary N) is 1. The predicted octanol–water partition coefficient (Wildman–Crippen LogP) is 1.83. The second kappa shape index (κ2) is 11.1. The van der Waals surface area contributed by atoms with Gasteiger partial charge in [0.1, 0.15) is 6.04 Å². The normalized spacial score (nSPS) is 11.6. The molecule has 0 aromatic heterocycles. The highest BCUT2D eigenvalue weighted by molar-refractivity contribution is 7.98. The molecule has 0 aromatic rings. The molecule has 0 saturated heterocycles. The summed E-state index contributed by atoms with van der Waals surface area (Å²) in [6, 6.07) is -0.440. The first-order valence-electron chi connectivity index (χ1n) is 4.63. The maximum absolute atomic E-state index is 11.2. The zero-order valence-corrected chi connectivity index (χ0v) is 10.5. The van der Waals surface area contributed by atoms with Crippen LogP contribution in [0.4, 0.5) is 0 Å². The Hall–Kier alpha value is 0.0700. The molecule has 0 unspecified atom stereocenters. The smallest absolute Gasteiger partial charge is 0.322 e. The van der Waals surface area contributed by atoms with Gasteiger partial charge in [-0.05, 0) is 24.9 Å². The fourth-order valence-corrected chi connectivity index (χ4v) is 1.28. The Morgan fingerprint density at radius 3 is 2.71 bits per heavy atom. The molecule has 0 amide bonds. The average Bonchev–Trinajstić information content (AvgIpc) is 2.14. The maximum Gasteiger partial charge on any atom is 0.322 e. The molecule has 0 saturated carbocycles. The van der Waals surface area contributed by atoms with Crippen molar-refractivity contribution in [1.29, 1.82) is 0 Å². The summed E-state index contributed by atoms with van der Waals surface area (Å²) in [5, 5.41) is 0. The van der Waals surface area contributed by atoms with E-state index in [2.05, 4.69) is 6.92 Å². The van der Waals surface area contributed by atoms with Gasteiger partial charge in [0.15, 0.2) is 0 Å². The maximum atomic E-state index is 11.2. The van der Waals surface area contributed by atoms with Crippen molar-refractivity contribution in [2.45, 2.75) is 32.2 Å². The van der Waals surface area contributed by atoms with Crippen LogP contribution in [0.5, 0.6) is 0 Å². The van der Waals surface area contributed by atoms with E-state index >= 15 is 0 Å². The molecule has 2 N–H and O–H groups in total. The number of hydrogen-bond donors (Lipinski definition) is 1. The van der Waals surface area contributed by atoms with Gasteiger partial charge in [-0.1, -0.05) is 13.3 Å². The number of esters is 1. The Balaban J connectivity index is 0. The molecule has 0 aromatic carbocycles. The molecule has 5 heteroatoms. The van der Waals surface area contributed by atoms with Gasteiger partial charge in [0, 0.05) is 0 Å². The van der Waals surface area contributed by atoms with Gasteiger partial charge in [0.25, 0.3) is 0 Å². The first-order chi connectivity index (χ1) is 6.22. The SMILES string of the molecule is CCCCOC(=O)[C@@H](N)CCSC.Cl. The van der Waals surface area contributed by atoms with Crippen molar-refractivity contribution in [2.24, 2.45) is 5.73 Å². The molecule has 3 nitrogen and oxygen atoms in total. The Bertz CT molecular complexity index is 147. The second-order valence-electron chi connectivity index (χ2n) is 2.91. The summed E-state index contributed by atoms with van der Waals surface area (Å²) in [7, 11) is 0. The van der Waals surface area contributed by atoms with Crippen molar-refractivity contribution in [2.75, 3.05) is 18.6 Å². The number of rotatable bonds is 7. The molecule has 0 rings (SSSR count). The summed E-state index contributed by atoms with van der Waals surface area (Å²) in [5.41, 5.74) is 5.60. The number of hydrogen-bond acceptors (Lipinski definition) is 4. The van der Waals surface area contributed by atoms with E-state index in [1.807, 2.05) is 6.26 Å². The van der Waals surface area contributed by atoms with E-state index in [-0.39, 0.29) is 18.4 Å². The van der Waals surface area contributed by atoms with Gasteiger partial charge >= 0.3 is 5.97 Å². The summed E-state index contributed by atoms with van der Waals surface area (Å²) in [6.45, 7) is 2.56. The zero-order valence-electron chi connectivity index (χ0n) is 8.82. The van der Waals surface area contributed by atoms with E-state index in [9.17, 15) is 4.79 Å². The molecule has 0 spiro atoms. The van der Waals surface area contributed by atoms with Crippen LogP contribution in [0, 0.1) is 0 Å². The van der Waals surface area contributed by atoms with E-state index in [1.165, 1.54) is 0 Å². The van der Waals surface area contributed by atoms with Crippen LogP contribution < -0.4 is 5.73 Å². The van der Waals surface area contributed by atoms with E-state index in [0.29, 0.717) is 13.0 Å². The first-order valence-corrected chi connectivity index (χ1v) is 6.03. The van der Waals surface area contributed by atoms with E-state index in [0.717, 1.165) is 18.6 Å². The third-order valence-corrected chi connectivity index (χ3v) is 2.32. The number of thioether (sulfide) groups is 1. The lowest BCUT2D eigenvalue weighted by molar-refractivity contribution is -0.145. The molecular weight excluding hydrogens is 222 g/mol. The molecule has 86 valence electrons. The fourth-order valence-electron chi connectivity index (χ4n) is 0.787. The summed E-state index contributed by atoms with van der Waals surface area (Å²) < 4.78 is 4.97. The first kappa shape index (κ1) is 16.5.